The highest BCUT2D eigenvalue weighted by Gasteiger charge is 2.24. The average Bonchev–Trinajstić information content (AvgIpc) is 2.61. The maximum atomic E-state index is 9.62. The van der Waals surface area contributed by atoms with Crippen molar-refractivity contribution >= 4 is 0 Å². The predicted molar refractivity (Wildman–Crippen MR) is 61.8 cm³/mol. The fourth-order valence-electron chi connectivity index (χ4n) is 1.74. The first kappa shape index (κ1) is 10.6. The van der Waals surface area contributed by atoms with Crippen LogP contribution in [-0.4, -0.2) is 16.3 Å². The fourth-order valence-corrected chi connectivity index (χ4v) is 1.74. The monoisotopic (exact) mass is 218 g/mol. The maximum Gasteiger partial charge on any atom is 0.130 e. The molecule has 1 aliphatic heterocycles. The third-order valence-corrected chi connectivity index (χ3v) is 2.48. The van der Waals surface area contributed by atoms with E-state index in [0.717, 1.165) is 5.56 Å². The number of allylic oxidation sites excluding steroid dienone is 3. The van der Waals surface area contributed by atoms with E-state index in [1.807, 2.05) is 31.2 Å². The molecule has 16 heavy (non-hydrogen) atoms. The molecular weight excluding hydrogens is 204 g/mol. The smallest absolute Gasteiger partial charge is 0.130 e. The molecule has 0 saturated carbocycles. The van der Waals surface area contributed by atoms with Gasteiger partial charge in [-0.15, -0.1) is 0 Å². The standard InChI is InChI=1S/C13H14O3/c1-2-3-4-5-10-8-11-12(15)6-9(14)7-13(11)16-10/h2-7,10,14-15H,8H2,1H3. The van der Waals surface area contributed by atoms with Gasteiger partial charge in [0.05, 0.1) is 0 Å². The first-order valence-electron chi connectivity index (χ1n) is 5.21. The number of ether oxygens (including phenoxy) is 1. The van der Waals surface area contributed by atoms with Crippen molar-refractivity contribution in [2.75, 3.05) is 0 Å². The second-order valence-corrected chi connectivity index (χ2v) is 3.71. The maximum absolute atomic E-state index is 9.62. The zero-order valence-electron chi connectivity index (χ0n) is 9.05. The number of fused-ring (bicyclic) bond motifs is 1. The normalized spacial score (nSPS) is 19.2. The van der Waals surface area contributed by atoms with Crippen molar-refractivity contribution in [1.82, 2.24) is 0 Å². The summed E-state index contributed by atoms with van der Waals surface area (Å²) >= 11 is 0. The summed E-state index contributed by atoms with van der Waals surface area (Å²) in [4.78, 5) is 0. The van der Waals surface area contributed by atoms with E-state index >= 15 is 0 Å². The summed E-state index contributed by atoms with van der Waals surface area (Å²) in [5.74, 6) is 0.680. The van der Waals surface area contributed by atoms with Crippen LogP contribution in [0, 0.1) is 0 Å². The van der Waals surface area contributed by atoms with Crippen LogP contribution in [0.4, 0.5) is 0 Å². The van der Waals surface area contributed by atoms with Gasteiger partial charge in [0.25, 0.3) is 0 Å². The zero-order chi connectivity index (χ0) is 11.5. The lowest BCUT2D eigenvalue weighted by Crippen LogP contribution is -2.08. The third-order valence-electron chi connectivity index (χ3n) is 2.48. The Morgan fingerprint density at radius 2 is 2.12 bits per heavy atom. The molecule has 0 bridgehead atoms. The first-order chi connectivity index (χ1) is 7.70. The fraction of sp³-hybridized carbons (Fsp3) is 0.231. The molecule has 1 atom stereocenters. The Kier molecular flexibility index (Phi) is 2.86. The van der Waals surface area contributed by atoms with Crippen molar-refractivity contribution in [2.45, 2.75) is 19.4 Å². The second kappa shape index (κ2) is 4.31. The number of aromatic hydroxyl groups is 2. The lowest BCUT2D eigenvalue weighted by atomic mass is 10.1. The van der Waals surface area contributed by atoms with Gasteiger partial charge in [-0.1, -0.05) is 18.2 Å². The van der Waals surface area contributed by atoms with Gasteiger partial charge in [0.1, 0.15) is 23.4 Å². The van der Waals surface area contributed by atoms with Gasteiger partial charge in [0, 0.05) is 24.1 Å². The van der Waals surface area contributed by atoms with Crippen LogP contribution < -0.4 is 4.74 Å². The van der Waals surface area contributed by atoms with Crippen LogP contribution in [0.2, 0.25) is 0 Å². The van der Waals surface area contributed by atoms with Gasteiger partial charge in [-0.05, 0) is 13.0 Å². The quantitative estimate of drug-likeness (QED) is 0.750. The van der Waals surface area contributed by atoms with Gasteiger partial charge in [-0.3, -0.25) is 0 Å². The van der Waals surface area contributed by atoms with Crippen LogP contribution in [0.3, 0.4) is 0 Å². The minimum absolute atomic E-state index is 0.0225. The zero-order valence-corrected chi connectivity index (χ0v) is 9.05. The Morgan fingerprint density at radius 1 is 1.31 bits per heavy atom. The molecule has 0 aliphatic carbocycles. The molecule has 2 rings (SSSR count). The molecule has 0 fully saturated rings. The van der Waals surface area contributed by atoms with Crippen LogP contribution in [0.5, 0.6) is 17.2 Å². The van der Waals surface area contributed by atoms with Crippen LogP contribution in [0.1, 0.15) is 12.5 Å². The van der Waals surface area contributed by atoms with E-state index in [2.05, 4.69) is 0 Å². The summed E-state index contributed by atoms with van der Waals surface area (Å²) in [5.41, 5.74) is 0.757. The second-order valence-electron chi connectivity index (χ2n) is 3.71. The molecule has 0 radical (unpaired) electrons. The third kappa shape index (κ3) is 2.03. The predicted octanol–water partition coefficient (Wildman–Crippen LogP) is 2.53. The summed E-state index contributed by atoms with van der Waals surface area (Å²) in [7, 11) is 0. The number of hydrogen-bond acceptors (Lipinski definition) is 3. The number of benzene rings is 1. The molecule has 0 saturated heterocycles. The highest BCUT2D eigenvalue weighted by molar-refractivity contribution is 5.52. The van der Waals surface area contributed by atoms with E-state index in [1.165, 1.54) is 12.1 Å². The largest absolute Gasteiger partial charge is 0.508 e. The Balaban J connectivity index is 2.18. The van der Waals surface area contributed by atoms with E-state index in [0.29, 0.717) is 12.2 Å². The van der Waals surface area contributed by atoms with Crippen LogP contribution in [0.25, 0.3) is 0 Å². The highest BCUT2D eigenvalue weighted by Crippen LogP contribution is 2.38. The van der Waals surface area contributed by atoms with E-state index in [4.69, 9.17) is 4.74 Å². The molecule has 1 aromatic rings. The van der Waals surface area contributed by atoms with Crippen molar-refractivity contribution < 1.29 is 14.9 Å². The van der Waals surface area contributed by atoms with Crippen molar-refractivity contribution in [3.8, 4) is 17.2 Å². The summed E-state index contributed by atoms with van der Waals surface area (Å²) in [5, 5.41) is 18.9. The molecule has 2 N–H and O–H groups in total. The summed E-state index contributed by atoms with van der Waals surface area (Å²) in [6.07, 6.45) is 8.25. The van der Waals surface area contributed by atoms with Crippen molar-refractivity contribution in [3.05, 3.63) is 42.0 Å². The molecule has 0 aromatic heterocycles. The lowest BCUT2D eigenvalue weighted by molar-refractivity contribution is 0.282. The molecular formula is C13H14O3. The molecule has 1 unspecified atom stereocenters. The van der Waals surface area contributed by atoms with Crippen molar-refractivity contribution in [3.63, 3.8) is 0 Å². The van der Waals surface area contributed by atoms with Crippen molar-refractivity contribution in [1.29, 1.82) is 0 Å². The number of phenols is 2. The topological polar surface area (TPSA) is 49.7 Å². The number of phenolic OH excluding ortho intramolecular Hbond substituents is 2. The van der Waals surface area contributed by atoms with Gasteiger partial charge in [0.15, 0.2) is 0 Å². The Labute approximate surface area is 94.3 Å². The minimum atomic E-state index is -0.0705. The minimum Gasteiger partial charge on any atom is -0.508 e. The van der Waals surface area contributed by atoms with Gasteiger partial charge in [0.2, 0.25) is 0 Å². The average molecular weight is 218 g/mol. The molecule has 3 nitrogen and oxygen atoms in total. The molecule has 84 valence electrons. The summed E-state index contributed by atoms with van der Waals surface area (Å²) in [6.45, 7) is 1.94. The molecule has 1 aromatic carbocycles. The van der Waals surface area contributed by atoms with Gasteiger partial charge >= 0.3 is 0 Å². The van der Waals surface area contributed by atoms with E-state index in [1.54, 1.807) is 0 Å². The lowest BCUT2D eigenvalue weighted by Gasteiger charge is -2.04. The van der Waals surface area contributed by atoms with Gasteiger partial charge in [-0.25, -0.2) is 0 Å². The molecule has 1 aliphatic rings. The Morgan fingerprint density at radius 3 is 2.88 bits per heavy atom. The summed E-state index contributed by atoms with van der Waals surface area (Å²) < 4.78 is 5.57. The number of hydrogen-bond donors (Lipinski definition) is 2. The Bertz CT molecular complexity index is 447. The molecule has 0 spiro atoms. The highest BCUT2D eigenvalue weighted by atomic mass is 16.5. The summed E-state index contributed by atoms with van der Waals surface area (Å²) in [6, 6.07) is 2.86. The van der Waals surface area contributed by atoms with Gasteiger partial charge < -0.3 is 14.9 Å². The van der Waals surface area contributed by atoms with Crippen LogP contribution >= 0.6 is 0 Å². The van der Waals surface area contributed by atoms with Crippen LogP contribution in [-0.2, 0) is 6.42 Å². The molecule has 1 heterocycles. The number of rotatable bonds is 2. The Hall–Kier alpha value is -1.90. The molecule has 0 amide bonds. The van der Waals surface area contributed by atoms with Gasteiger partial charge in [-0.2, -0.15) is 0 Å². The molecule has 3 heteroatoms. The van der Waals surface area contributed by atoms with Crippen LogP contribution in [0.15, 0.2) is 36.4 Å². The van der Waals surface area contributed by atoms with E-state index in [9.17, 15) is 10.2 Å². The SMILES string of the molecule is CC=CC=CC1Cc2c(O)cc(O)cc2O1. The first-order valence-corrected chi connectivity index (χ1v) is 5.21. The van der Waals surface area contributed by atoms with E-state index in [-0.39, 0.29) is 17.6 Å². The van der Waals surface area contributed by atoms with E-state index < -0.39 is 0 Å². The van der Waals surface area contributed by atoms with Crippen molar-refractivity contribution in [2.24, 2.45) is 0 Å².